The van der Waals surface area contributed by atoms with Gasteiger partial charge in [-0.15, -0.1) is 0 Å². The third-order valence-electron chi connectivity index (χ3n) is 20.3. The van der Waals surface area contributed by atoms with Crippen LogP contribution in [0.4, 0.5) is 0 Å². The maximum Gasteiger partial charge on any atom is 0.305 e. The van der Waals surface area contributed by atoms with E-state index < -0.39 is 277 Å². The first kappa shape index (κ1) is 114. The molecule has 18 amide bonds. The number of hydrogen-bond acceptors (Lipinski definition) is 27. The molecule has 0 aromatic heterocycles. The molecule has 0 aliphatic rings. The van der Waals surface area contributed by atoms with Gasteiger partial charge in [0.05, 0.1) is 44.7 Å². The van der Waals surface area contributed by atoms with E-state index in [0.717, 1.165) is 13.8 Å². The van der Waals surface area contributed by atoms with E-state index in [1.165, 1.54) is 45.0 Å². The van der Waals surface area contributed by atoms with Gasteiger partial charge in [0, 0.05) is 32.5 Å². The molecule has 2 aromatic rings. The van der Waals surface area contributed by atoms with Gasteiger partial charge in [0.2, 0.25) is 106 Å². The quantitative estimate of drug-likeness (QED) is 0.0166. The Labute approximate surface area is 760 Å². The molecule has 52 heteroatoms. The van der Waals surface area contributed by atoms with E-state index in [0.29, 0.717) is 17.5 Å². The number of aliphatic carboxylic acids is 1. The third-order valence-corrected chi connectivity index (χ3v) is 20.3. The third kappa shape index (κ3) is 42.8. The normalized spacial score (nSPS) is 15.2. The van der Waals surface area contributed by atoms with Crippen molar-refractivity contribution < 1.29 is 117 Å². The fraction of sp³-hybridized carbons (Fsp3) is 0.575. The lowest BCUT2D eigenvalue weighted by atomic mass is 9.96. The molecule has 0 saturated carbocycles. The van der Waals surface area contributed by atoms with Crippen molar-refractivity contribution in [3.63, 3.8) is 0 Å². The van der Waals surface area contributed by atoms with Crippen molar-refractivity contribution >= 4 is 130 Å². The number of hydrogen-bond donors (Lipinski definition) is 33. The Morgan fingerprint density at radius 3 is 1.12 bits per heavy atom. The van der Waals surface area contributed by atoms with Crippen LogP contribution in [0.2, 0.25) is 0 Å². The summed E-state index contributed by atoms with van der Waals surface area (Å²) >= 11 is 0. The van der Waals surface area contributed by atoms with Crippen LogP contribution >= 0.6 is 0 Å². The van der Waals surface area contributed by atoms with Crippen molar-refractivity contribution in [3.8, 4) is 5.75 Å². The maximum atomic E-state index is 14.5. The first-order chi connectivity index (χ1) is 61.9. The number of nitrogens with two attached hydrogens (primary N) is 6. The van der Waals surface area contributed by atoms with Crippen LogP contribution < -0.4 is 135 Å². The van der Waals surface area contributed by atoms with Crippen molar-refractivity contribution in [1.82, 2.24) is 101 Å². The lowest BCUT2D eigenvalue weighted by Crippen LogP contribution is -2.61. The fourth-order valence-corrected chi connectivity index (χ4v) is 12.2. The second-order valence-corrected chi connectivity index (χ2v) is 31.3. The number of nitrogens with one attached hydrogen (secondary N) is 22. The van der Waals surface area contributed by atoms with Crippen LogP contribution in [0.25, 0.3) is 0 Å². The van der Waals surface area contributed by atoms with Crippen molar-refractivity contribution in [2.75, 3.05) is 39.3 Å². The van der Waals surface area contributed by atoms with Crippen molar-refractivity contribution in [2.24, 2.45) is 46.2 Å². The highest BCUT2D eigenvalue weighted by molar-refractivity contribution is 6.02. The maximum absolute atomic E-state index is 14.5. The minimum atomic E-state index is -1.94. The largest absolute Gasteiger partial charge is 0.508 e. The van der Waals surface area contributed by atoms with Gasteiger partial charge < -0.3 is 161 Å². The predicted octanol–water partition coefficient (Wildman–Crippen LogP) is -11.9. The molecule has 52 nitrogen and oxygen atoms in total. The van der Waals surface area contributed by atoms with Gasteiger partial charge in [0.1, 0.15) is 96.4 Å². The number of benzene rings is 2. The summed E-state index contributed by atoms with van der Waals surface area (Å²) in [6.45, 7) is 9.19. The lowest BCUT2D eigenvalue weighted by Gasteiger charge is -2.29. The summed E-state index contributed by atoms with van der Waals surface area (Å²) in [7, 11) is 0. The molecule has 734 valence electrons. The highest BCUT2D eigenvalue weighted by Crippen LogP contribution is 2.16. The Hall–Kier alpha value is -14.2. The zero-order chi connectivity index (χ0) is 99.9. The number of aromatic hydroxyl groups is 1. The first-order valence-electron chi connectivity index (χ1n) is 42.3. The number of aliphatic hydroxyl groups is 3. The van der Waals surface area contributed by atoms with E-state index in [1.807, 2.05) is 0 Å². The number of aliphatic hydroxyl groups excluding tert-OH is 3. The number of phenolic OH excluding ortho intramolecular Hbond substituents is 1. The fourth-order valence-electron chi connectivity index (χ4n) is 12.2. The summed E-state index contributed by atoms with van der Waals surface area (Å²) < 4.78 is 0. The van der Waals surface area contributed by atoms with E-state index in [-0.39, 0.29) is 83.2 Å². The highest BCUT2D eigenvalue weighted by Gasteiger charge is 2.39. The molecule has 0 saturated heterocycles. The van der Waals surface area contributed by atoms with E-state index in [9.17, 15) is 117 Å². The van der Waals surface area contributed by atoms with Crippen molar-refractivity contribution in [1.29, 1.82) is 16.2 Å². The standard InChI is InChI=1S/C80H130N28O24/c1-10-37(3)60(63(83)118)106-66(121)41(7)96-72(127)52(32-55(81)113)103-69(124)49(22-17-29-92-80(88)89)100-68(123)47(20-15-27-90-78(84)85)98-57(115)35-94-76(131)62(43(9)111)108-70(125)48(21-16-28-91-79(86)87)99-56(114)34-93-67(122)54(36-109)105-65(120)40(6)97-77(132)61(38(4)11-2)107-74(129)51(30-44-18-13-12-14-19-44)102-73(128)53(33-58(116)117)101-64(119)39(5)95-71(126)50(104-75(130)59(82)42(8)110)31-45-23-25-46(112)26-24-45/h12-14,18-19,23-26,37-43,47-54,59-62,109-112H,10-11,15-17,20-22,27-36,82H2,1-9H3,(H2,81,113)(H2,83,118)(H,93,122)(H,94,131)(H,95,126)(H,96,127)(H,97,132)(H,98,115)(H,99,114)(H,100,123)(H,101,119)(H,102,128)(H,103,124)(H,104,130)(H,105,120)(H,106,121)(H,107,129)(H,108,125)(H,116,117)(H4,84,85,90)(H4,86,87,91)(H4,88,89,92)/t37-,38-,39-,40+,41+,42+,43+,47+,48+,49+,50-,51-,52-,53-,54+,59-,60-,61+,62+/m1/s1. The molecule has 0 aliphatic carbocycles. The summed E-state index contributed by atoms with van der Waals surface area (Å²) in [5.41, 5.74) is 33.9. The summed E-state index contributed by atoms with van der Waals surface area (Å²) in [6, 6.07) is -10.6. The molecule has 0 radical (unpaired) electrons. The van der Waals surface area contributed by atoms with Crippen LogP contribution in [0, 0.1) is 28.1 Å². The number of amides is 18. The number of guanidine groups is 3. The minimum absolute atomic E-state index is 0.0108. The molecular formula is C80H130N28O24. The highest BCUT2D eigenvalue weighted by atomic mass is 16.4. The van der Waals surface area contributed by atoms with E-state index in [1.54, 1.807) is 58.0 Å². The number of carbonyl (C=O) groups is 19. The van der Waals surface area contributed by atoms with E-state index >= 15 is 0 Å². The van der Waals surface area contributed by atoms with Gasteiger partial charge in [-0.3, -0.25) is 107 Å². The van der Waals surface area contributed by atoms with Gasteiger partial charge in [0.25, 0.3) is 0 Å². The molecule has 2 rings (SSSR count). The van der Waals surface area contributed by atoms with Crippen LogP contribution in [-0.2, 0) is 104 Å². The summed E-state index contributed by atoms with van der Waals surface area (Å²) in [4.78, 5) is 258. The Balaban J connectivity index is 2.34. The smallest absolute Gasteiger partial charge is 0.305 e. The summed E-state index contributed by atoms with van der Waals surface area (Å²) in [5, 5.41) is 119. The van der Waals surface area contributed by atoms with Gasteiger partial charge in [-0.05, 0) is 108 Å². The zero-order valence-electron chi connectivity index (χ0n) is 74.9. The molecule has 0 heterocycles. The number of primary amides is 2. The first-order valence-corrected chi connectivity index (χ1v) is 42.3. The second-order valence-electron chi connectivity index (χ2n) is 31.3. The average Bonchev–Trinajstić information content (AvgIpc) is 0.828. The van der Waals surface area contributed by atoms with Crippen LogP contribution in [0.1, 0.15) is 138 Å². The molecule has 39 N–H and O–H groups in total. The van der Waals surface area contributed by atoms with Gasteiger partial charge in [-0.25, -0.2) is 0 Å². The van der Waals surface area contributed by atoms with Crippen LogP contribution in [0.15, 0.2) is 54.6 Å². The van der Waals surface area contributed by atoms with Crippen LogP contribution in [-0.4, -0.2) is 298 Å². The molecule has 0 spiro atoms. The topological polar surface area (TPSA) is 882 Å². The second kappa shape index (κ2) is 58.4. The Bertz CT molecular complexity index is 4320. The Kier molecular flexibility index (Phi) is 50.4. The molecular weight excluding hydrogens is 1740 g/mol. The molecule has 19 atom stereocenters. The molecule has 0 bridgehead atoms. The van der Waals surface area contributed by atoms with Gasteiger partial charge >= 0.3 is 5.97 Å². The van der Waals surface area contributed by atoms with Gasteiger partial charge in [0.15, 0.2) is 17.9 Å². The zero-order valence-corrected chi connectivity index (χ0v) is 74.9. The molecule has 2 aromatic carbocycles. The summed E-state index contributed by atoms with van der Waals surface area (Å²) in [5.74, 6) is -23.6. The molecule has 0 aliphatic heterocycles. The number of phenols is 1. The van der Waals surface area contributed by atoms with E-state index in [2.05, 4.69) is 101 Å². The molecule has 132 heavy (non-hydrogen) atoms. The lowest BCUT2D eigenvalue weighted by molar-refractivity contribution is -0.141. The average molecular weight is 1870 g/mol. The van der Waals surface area contributed by atoms with Crippen molar-refractivity contribution in [2.45, 2.75) is 242 Å². The van der Waals surface area contributed by atoms with Crippen molar-refractivity contribution in [3.05, 3.63) is 65.7 Å². The number of rotatable bonds is 60. The summed E-state index contributed by atoms with van der Waals surface area (Å²) in [6.07, 6.45) is -5.85. The van der Waals surface area contributed by atoms with E-state index in [4.69, 9.17) is 50.6 Å². The number of carboxylic acids is 1. The SMILES string of the molecule is CC[C@@H](C)[C@H](NC(=O)[C@@H](Cc1ccccc1)NC(=O)[C@@H](CC(=O)O)NC(=O)[C@@H](C)NC(=O)[C@@H](Cc1ccc(O)cc1)NC(=O)[C@H](N)[C@H](C)O)C(=O)N[C@@H](C)C(=O)N[C@@H](CO)C(=O)NCC(=O)N[C@@H](CCCNC(=N)N)C(=O)N[C@H](C(=O)NCC(=O)N[C@@H](CCCNC(=N)N)C(=O)N[C@@H](CCCNC(=N)N)C(=O)N[C@H](CC(N)=O)C(=O)N[C@@H](C)C(=O)N[C@@H](C(N)=O)[C@H](C)CC)[C@H](C)O. The van der Waals surface area contributed by atoms with Gasteiger partial charge in [-0.2, -0.15) is 0 Å². The number of carboxylic acid groups (broad SMARTS) is 1. The number of carbonyl (C=O) groups excluding carboxylic acids is 18. The van der Waals surface area contributed by atoms with Gasteiger partial charge in [-0.1, -0.05) is 83.0 Å². The molecule has 0 unspecified atom stereocenters. The van der Waals surface area contributed by atoms with Crippen LogP contribution in [0.3, 0.4) is 0 Å². The Morgan fingerprint density at radius 1 is 0.356 bits per heavy atom. The monoisotopic (exact) mass is 1870 g/mol. The van der Waals surface area contributed by atoms with Crippen LogP contribution in [0.5, 0.6) is 5.75 Å². The molecule has 0 fully saturated rings. The minimum Gasteiger partial charge on any atom is -0.508 e. The Morgan fingerprint density at radius 2 is 0.697 bits per heavy atom. The predicted molar refractivity (Wildman–Crippen MR) is 472 cm³/mol.